The van der Waals surface area contributed by atoms with E-state index in [4.69, 9.17) is 28.9 Å². The normalized spacial score (nSPS) is 16.5. The van der Waals surface area contributed by atoms with Crippen molar-refractivity contribution in [1.29, 1.82) is 0 Å². The van der Waals surface area contributed by atoms with Gasteiger partial charge in [0.25, 0.3) is 0 Å². The Bertz CT molecular complexity index is 615. The van der Waals surface area contributed by atoms with Gasteiger partial charge in [-0.15, -0.1) is 0 Å². The molecule has 1 unspecified atom stereocenters. The third kappa shape index (κ3) is 3.26. The van der Waals surface area contributed by atoms with E-state index >= 15 is 0 Å². The van der Waals surface area contributed by atoms with Crippen molar-refractivity contribution in [1.82, 2.24) is 0 Å². The first-order valence-corrected chi connectivity index (χ1v) is 8.19. The summed E-state index contributed by atoms with van der Waals surface area (Å²) in [5.74, 6) is 0.723. The highest BCUT2D eigenvalue weighted by atomic mass is 35.5. The molecule has 2 aromatic rings. The predicted octanol–water partition coefficient (Wildman–Crippen LogP) is 5.50. The SMILES string of the molecule is NC(Cc1c(Cl)cccc1Cl)c1cccc(C2CCC2)c1. The fraction of sp³-hybridized carbons (Fsp3) is 0.333. The number of nitrogens with two attached hydrogens (primary N) is 1. The van der Waals surface area contributed by atoms with Crippen LogP contribution in [-0.2, 0) is 6.42 Å². The van der Waals surface area contributed by atoms with Gasteiger partial charge in [0, 0.05) is 16.1 Å². The van der Waals surface area contributed by atoms with Gasteiger partial charge in [0.05, 0.1) is 0 Å². The van der Waals surface area contributed by atoms with Crippen LogP contribution in [-0.4, -0.2) is 0 Å². The summed E-state index contributed by atoms with van der Waals surface area (Å²) in [5.41, 5.74) is 9.89. The molecule has 3 heteroatoms. The molecule has 1 fully saturated rings. The summed E-state index contributed by atoms with van der Waals surface area (Å²) in [5, 5.41) is 1.38. The van der Waals surface area contributed by atoms with Crippen molar-refractivity contribution in [2.45, 2.75) is 37.6 Å². The van der Waals surface area contributed by atoms with Crippen LogP contribution in [0.1, 0.15) is 47.9 Å². The molecule has 0 aliphatic heterocycles. The summed E-state index contributed by atoms with van der Waals surface area (Å²) in [7, 11) is 0. The predicted molar refractivity (Wildman–Crippen MR) is 90.1 cm³/mol. The first-order chi connectivity index (χ1) is 10.1. The topological polar surface area (TPSA) is 26.0 Å². The molecule has 0 heterocycles. The van der Waals surface area contributed by atoms with Gasteiger partial charge in [-0.2, -0.15) is 0 Å². The molecule has 1 aliphatic rings. The summed E-state index contributed by atoms with van der Waals surface area (Å²) in [4.78, 5) is 0. The van der Waals surface area contributed by atoms with E-state index in [2.05, 4.69) is 24.3 Å². The van der Waals surface area contributed by atoms with Gasteiger partial charge in [-0.1, -0.05) is 60.0 Å². The molecule has 1 saturated carbocycles. The second-order valence-electron chi connectivity index (χ2n) is 5.81. The highest BCUT2D eigenvalue weighted by Crippen LogP contribution is 2.37. The van der Waals surface area contributed by atoms with Crippen LogP contribution >= 0.6 is 23.2 Å². The zero-order chi connectivity index (χ0) is 14.8. The number of benzene rings is 2. The molecule has 1 aliphatic carbocycles. The molecule has 0 amide bonds. The van der Waals surface area contributed by atoms with E-state index in [-0.39, 0.29) is 6.04 Å². The zero-order valence-electron chi connectivity index (χ0n) is 11.9. The van der Waals surface area contributed by atoms with Gasteiger partial charge in [-0.25, -0.2) is 0 Å². The first-order valence-electron chi connectivity index (χ1n) is 7.43. The third-order valence-electron chi connectivity index (χ3n) is 4.40. The fourth-order valence-electron chi connectivity index (χ4n) is 2.85. The second-order valence-corrected chi connectivity index (χ2v) is 6.62. The van der Waals surface area contributed by atoms with Gasteiger partial charge in [0.1, 0.15) is 0 Å². The molecule has 21 heavy (non-hydrogen) atoms. The Labute approximate surface area is 136 Å². The largest absolute Gasteiger partial charge is 0.324 e. The summed E-state index contributed by atoms with van der Waals surface area (Å²) in [6, 6.07) is 14.2. The van der Waals surface area contributed by atoms with Crippen molar-refractivity contribution in [3.63, 3.8) is 0 Å². The van der Waals surface area contributed by atoms with Crippen LogP contribution in [0.3, 0.4) is 0 Å². The van der Waals surface area contributed by atoms with Gasteiger partial charge in [0.15, 0.2) is 0 Å². The van der Waals surface area contributed by atoms with Crippen LogP contribution in [0, 0.1) is 0 Å². The molecular weight excluding hydrogens is 301 g/mol. The lowest BCUT2D eigenvalue weighted by Crippen LogP contribution is -2.15. The minimum atomic E-state index is -0.0811. The van der Waals surface area contributed by atoms with Crippen LogP contribution in [0.25, 0.3) is 0 Å². The number of hydrogen-bond acceptors (Lipinski definition) is 1. The maximum absolute atomic E-state index is 6.38. The molecule has 2 aromatic carbocycles. The average Bonchev–Trinajstić information content (AvgIpc) is 2.41. The van der Waals surface area contributed by atoms with E-state index in [1.165, 1.54) is 24.8 Å². The molecule has 110 valence electrons. The number of rotatable bonds is 4. The molecule has 2 N–H and O–H groups in total. The van der Waals surface area contributed by atoms with Gasteiger partial charge in [-0.05, 0) is 54.0 Å². The van der Waals surface area contributed by atoms with Crippen molar-refractivity contribution in [2.24, 2.45) is 5.73 Å². The van der Waals surface area contributed by atoms with Crippen molar-refractivity contribution in [3.8, 4) is 0 Å². The highest BCUT2D eigenvalue weighted by Gasteiger charge is 2.20. The molecule has 0 aromatic heterocycles. The smallest absolute Gasteiger partial charge is 0.0453 e. The van der Waals surface area contributed by atoms with E-state index in [1.807, 2.05) is 18.2 Å². The minimum absolute atomic E-state index is 0.0811. The Balaban J connectivity index is 1.80. The fourth-order valence-corrected chi connectivity index (χ4v) is 3.40. The average molecular weight is 320 g/mol. The van der Waals surface area contributed by atoms with Crippen LogP contribution in [0.5, 0.6) is 0 Å². The Hall–Kier alpha value is -1.02. The Kier molecular flexibility index (Phi) is 4.54. The number of halogens is 2. The van der Waals surface area contributed by atoms with Gasteiger partial charge >= 0.3 is 0 Å². The van der Waals surface area contributed by atoms with Gasteiger partial charge in [-0.3, -0.25) is 0 Å². The summed E-state index contributed by atoms with van der Waals surface area (Å²) in [6.07, 6.45) is 4.60. The van der Waals surface area contributed by atoms with Crippen molar-refractivity contribution >= 4 is 23.2 Å². The molecule has 0 radical (unpaired) electrons. The van der Waals surface area contributed by atoms with Crippen LogP contribution in [0.15, 0.2) is 42.5 Å². The molecule has 1 atom stereocenters. The molecular formula is C18H19Cl2N. The van der Waals surface area contributed by atoms with Crippen molar-refractivity contribution < 1.29 is 0 Å². The summed E-state index contributed by atoms with van der Waals surface area (Å²) >= 11 is 12.5. The minimum Gasteiger partial charge on any atom is -0.324 e. The van der Waals surface area contributed by atoms with E-state index in [1.54, 1.807) is 0 Å². The highest BCUT2D eigenvalue weighted by molar-refractivity contribution is 6.36. The Morgan fingerprint density at radius 3 is 2.33 bits per heavy atom. The monoisotopic (exact) mass is 319 g/mol. The van der Waals surface area contributed by atoms with Crippen LogP contribution in [0.2, 0.25) is 10.0 Å². The van der Waals surface area contributed by atoms with Gasteiger partial charge < -0.3 is 5.73 Å². The van der Waals surface area contributed by atoms with Gasteiger partial charge in [0.2, 0.25) is 0 Å². The van der Waals surface area contributed by atoms with E-state index < -0.39 is 0 Å². The van der Waals surface area contributed by atoms with E-state index in [0.717, 1.165) is 17.0 Å². The first kappa shape index (κ1) is 14.9. The molecule has 0 bridgehead atoms. The van der Waals surface area contributed by atoms with Crippen LogP contribution in [0.4, 0.5) is 0 Å². The molecule has 0 spiro atoms. The van der Waals surface area contributed by atoms with Crippen molar-refractivity contribution in [2.75, 3.05) is 0 Å². The summed E-state index contributed by atoms with van der Waals surface area (Å²) < 4.78 is 0. The maximum atomic E-state index is 6.38. The maximum Gasteiger partial charge on any atom is 0.0453 e. The molecule has 3 rings (SSSR count). The molecule has 1 nitrogen and oxygen atoms in total. The lowest BCUT2D eigenvalue weighted by atomic mass is 9.79. The van der Waals surface area contributed by atoms with E-state index in [0.29, 0.717) is 16.5 Å². The lowest BCUT2D eigenvalue weighted by molar-refractivity contribution is 0.419. The zero-order valence-corrected chi connectivity index (χ0v) is 13.4. The van der Waals surface area contributed by atoms with Crippen LogP contribution < -0.4 is 5.73 Å². The Morgan fingerprint density at radius 1 is 1.05 bits per heavy atom. The second kappa shape index (κ2) is 6.39. The van der Waals surface area contributed by atoms with Crippen molar-refractivity contribution in [3.05, 3.63) is 69.2 Å². The van der Waals surface area contributed by atoms with E-state index in [9.17, 15) is 0 Å². The number of hydrogen-bond donors (Lipinski definition) is 1. The Morgan fingerprint density at radius 2 is 1.71 bits per heavy atom. The quantitative estimate of drug-likeness (QED) is 0.790. The lowest BCUT2D eigenvalue weighted by Gasteiger charge is -2.26. The summed E-state index contributed by atoms with van der Waals surface area (Å²) in [6.45, 7) is 0. The molecule has 0 saturated heterocycles. The standard InChI is InChI=1S/C18H19Cl2N/c19-16-8-3-9-17(20)15(16)11-18(21)14-7-2-6-13(10-14)12-4-1-5-12/h2-3,6-10,12,18H,1,4-5,11,21H2. The third-order valence-corrected chi connectivity index (χ3v) is 5.11.